The molecular formula is C49H50N8O6. The maximum absolute atomic E-state index is 14.1. The number of carbonyl (C=O) groups excluding carboxylic acids is 4. The number of piperidine rings is 1. The minimum atomic E-state index is -0.891. The number of fused-ring (bicyclic) bond motifs is 8. The molecule has 14 heteroatoms. The van der Waals surface area contributed by atoms with Crippen LogP contribution in [0.3, 0.4) is 0 Å². The molecule has 6 atom stereocenters. The molecule has 322 valence electrons. The van der Waals surface area contributed by atoms with Crippen LogP contribution >= 0.6 is 0 Å². The lowest BCUT2D eigenvalue weighted by Gasteiger charge is -2.37. The van der Waals surface area contributed by atoms with Gasteiger partial charge in [0, 0.05) is 23.4 Å². The summed E-state index contributed by atoms with van der Waals surface area (Å²) in [5, 5.41) is 9.72. The van der Waals surface area contributed by atoms with Gasteiger partial charge in [0.1, 0.15) is 23.7 Å². The average Bonchev–Trinajstić information content (AvgIpc) is 4.17. The topological polar surface area (TPSA) is 175 Å². The van der Waals surface area contributed by atoms with E-state index in [-0.39, 0.29) is 35.9 Å². The smallest absolute Gasteiger partial charge is 0.407 e. The van der Waals surface area contributed by atoms with Crippen LogP contribution in [0, 0.1) is 11.8 Å². The normalized spacial score (nSPS) is 20.5. The lowest BCUT2D eigenvalue weighted by molar-refractivity contribution is -0.139. The highest BCUT2D eigenvalue weighted by molar-refractivity contribution is 6.07. The van der Waals surface area contributed by atoms with E-state index in [9.17, 15) is 19.2 Å². The molecule has 2 aliphatic heterocycles. The van der Waals surface area contributed by atoms with Gasteiger partial charge in [-0.05, 0) is 95.7 Å². The predicted octanol–water partition coefficient (Wildman–Crippen LogP) is 8.61. The maximum Gasteiger partial charge on any atom is 0.407 e. The van der Waals surface area contributed by atoms with Crippen molar-refractivity contribution in [3.8, 4) is 11.1 Å². The van der Waals surface area contributed by atoms with Crippen LogP contribution in [0.15, 0.2) is 91.0 Å². The van der Waals surface area contributed by atoms with E-state index in [0.717, 1.165) is 98.5 Å². The first-order chi connectivity index (χ1) is 30.6. The molecule has 2 bridgehead atoms. The van der Waals surface area contributed by atoms with E-state index in [0.29, 0.717) is 18.0 Å². The van der Waals surface area contributed by atoms with Crippen LogP contribution in [0.25, 0.3) is 54.7 Å². The molecular weight excluding hydrogens is 797 g/mol. The van der Waals surface area contributed by atoms with Crippen molar-refractivity contribution in [2.75, 3.05) is 20.8 Å². The molecule has 0 radical (unpaired) electrons. The van der Waals surface area contributed by atoms with Crippen molar-refractivity contribution in [3.05, 3.63) is 108 Å². The summed E-state index contributed by atoms with van der Waals surface area (Å²) in [7, 11) is 2.60. The van der Waals surface area contributed by atoms with Crippen LogP contribution in [-0.2, 0) is 19.1 Å². The highest BCUT2D eigenvalue weighted by atomic mass is 16.5. The monoisotopic (exact) mass is 846 g/mol. The number of ether oxygens (including phenoxy) is 2. The summed E-state index contributed by atoms with van der Waals surface area (Å²) in [6, 6.07) is 28.4. The Morgan fingerprint density at radius 3 is 1.97 bits per heavy atom. The number of H-pyrrole nitrogens is 2. The first-order valence-electron chi connectivity index (χ1n) is 21.8. The summed E-state index contributed by atoms with van der Waals surface area (Å²) in [6.45, 7) is 4.42. The zero-order valence-electron chi connectivity index (χ0n) is 35.7. The van der Waals surface area contributed by atoms with Crippen LogP contribution in [0.4, 0.5) is 9.59 Å². The average molecular weight is 847 g/mol. The number of imidazole rings is 2. The van der Waals surface area contributed by atoms with Crippen LogP contribution < -0.4 is 10.6 Å². The minimum absolute atomic E-state index is 0.0948. The van der Waals surface area contributed by atoms with Gasteiger partial charge in [0.25, 0.3) is 5.91 Å². The van der Waals surface area contributed by atoms with Gasteiger partial charge in [-0.1, -0.05) is 80.6 Å². The van der Waals surface area contributed by atoms with E-state index in [1.165, 1.54) is 14.2 Å². The van der Waals surface area contributed by atoms with Gasteiger partial charge in [0.15, 0.2) is 0 Å². The molecule has 4 heterocycles. The second-order valence-electron chi connectivity index (χ2n) is 17.5. The lowest BCUT2D eigenvalue weighted by Crippen LogP contribution is -2.54. The van der Waals surface area contributed by atoms with Gasteiger partial charge < -0.3 is 39.9 Å². The van der Waals surface area contributed by atoms with Crippen molar-refractivity contribution in [2.24, 2.45) is 11.8 Å². The van der Waals surface area contributed by atoms with Crippen molar-refractivity contribution in [2.45, 2.75) is 76.2 Å². The van der Waals surface area contributed by atoms with Gasteiger partial charge in [-0.15, -0.1) is 0 Å². The van der Waals surface area contributed by atoms with Gasteiger partial charge >= 0.3 is 12.2 Å². The second-order valence-corrected chi connectivity index (χ2v) is 17.5. The highest BCUT2D eigenvalue weighted by Gasteiger charge is 2.51. The fourth-order valence-electron chi connectivity index (χ4n) is 10.4. The van der Waals surface area contributed by atoms with Crippen molar-refractivity contribution in [1.82, 2.24) is 40.4 Å². The van der Waals surface area contributed by atoms with Crippen LogP contribution in [0.2, 0.25) is 0 Å². The van der Waals surface area contributed by atoms with Crippen LogP contribution in [0.5, 0.6) is 0 Å². The fourth-order valence-corrected chi connectivity index (χ4v) is 10.4. The van der Waals surface area contributed by atoms with Gasteiger partial charge in [0.2, 0.25) is 5.91 Å². The Balaban J connectivity index is 0.920. The molecule has 7 aromatic rings. The first kappa shape index (κ1) is 40.1. The number of rotatable bonds is 9. The summed E-state index contributed by atoms with van der Waals surface area (Å²) >= 11 is 0. The zero-order chi connectivity index (χ0) is 43.5. The highest BCUT2D eigenvalue weighted by Crippen LogP contribution is 2.50. The number of hydrogen-bond donors (Lipinski definition) is 4. The SMILES string of the molecule is COC(=O)N[C@H](C(=O)N1[C@@H]2CC[C@@H](C2)[C@H]1c1nc2ccc3cc(-c4ccc5c(ccc6nc([C@@H]7CCCN7C(=O)[C@H](NC(=O)OC)c7ccccc7)[nH]c65)c4)ccc3c2[nH]1)C(C)C. The van der Waals surface area contributed by atoms with E-state index in [1.807, 2.05) is 66.1 Å². The molecule has 0 unspecified atom stereocenters. The number of likely N-dealkylation sites (tertiary alicyclic amines) is 2. The van der Waals surface area contributed by atoms with E-state index < -0.39 is 24.3 Å². The molecule has 3 fully saturated rings. The van der Waals surface area contributed by atoms with Crippen molar-refractivity contribution >= 4 is 67.6 Å². The Hall–Kier alpha value is -6.96. The number of alkyl carbamates (subject to hydrolysis) is 2. The van der Waals surface area contributed by atoms with Gasteiger partial charge in [-0.2, -0.15) is 0 Å². The van der Waals surface area contributed by atoms with E-state index >= 15 is 0 Å². The largest absolute Gasteiger partial charge is 0.453 e. The molecule has 1 aliphatic carbocycles. The molecule has 10 rings (SSSR count). The van der Waals surface area contributed by atoms with Crippen LogP contribution in [0.1, 0.15) is 81.3 Å². The molecule has 4 N–H and O–H groups in total. The van der Waals surface area contributed by atoms with E-state index in [4.69, 9.17) is 19.4 Å². The number of hydrogen-bond acceptors (Lipinski definition) is 8. The Kier molecular flexibility index (Phi) is 10.2. The van der Waals surface area contributed by atoms with Crippen molar-refractivity contribution in [3.63, 3.8) is 0 Å². The number of nitrogens with one attached hydrogen (secondary N) is 4. The molecule has 63 heavy (non-hydrogen) atoms. The molecule has 2 aromatic heterocycles. The summed E-state index contributed by atoms with van der Waals surface area (Å²) in [6.07, 6.45) is 3.18. The maximum atomic E-state index is 14.1. The number of methoxy groups -OCH3 is 2. The predicted molar refractivity (Wildman–Crippen MR) is 239 cm³/mol. The molecule has 3 aliphatic rings. The second kappa shape index (κ2) is 16.1. The molecule has 5 aromatic carbocycles. The summed E-state index contributed by atoms with van der Waals surface area (Å²) in [4.78, 5) is 73.9. The first-order valence-corrected chi connectivity index (χ1v) is 21.8. The third-order valence-corrected chi connectivity index (χ3v) is 13.5. The summed E-state index contributed by atoms with van der Waals surface area (Å²) < 4.78 is 9.72. The summed E-state index contributed by atoms with van der Waals surface area (Å²) in [5.41, 5.74) is 6.34. The Bertz CT molecular complexity index is 2930. The number of aromatic amines is 2. The molecule has 1 saturated carbocycles. The standard InChI is InChI=1S/C49H50N8O6/c1-26(2)39(54-48(60)62-3)47(59)57-33-17-12-32(25-33)43(57)45-51-37-21-16-31-24-29(14-19-35(31)42(37)53-45)28-13-18-34-30(23-28)15-20-36-41(34)52-44(50-36)38-11-8-22-56(38)46(58)40(55-49(61)63-4)27-9-6-5-7-10-27/h5-7,9-10,13-16,18-21,23-24,26,32-33,38-40,43H,8,11-12,17,22,25H2,1-4H3,(H,50,52)(H,51,53)(H,54,60)(H,55,61)/t32-,33+,38-,39-,40+,43-/m0/s1. The van der Waals surface area contributed by atoms with E-state index in [2.05, 4.69) is 69.1 Å². The lowest BCUT2D eigenvalue weighted by atomic mass is 9.95. The van der Waals surface area contributed by atoms with Crippen molar-refractivity contribution < 1.29 is 28.7 Å². The summed E-state index contributed by atoms with van der Waals surface area (Å²) in [5.74, 6) is 1.38. The Labute approximate surface area is 363 Å². The number of nitrogens with zero attached hydrogens (tertiary/aromatic N) is 4. The molecule has 14 nitrogen and oxygen atoms in total. The Morgan fingerprint density at radius 2 is 1.33 bits per heavy atom. The van der Waals surface area contributed by atoms with Gasteiger partial charge in [-0.25, -0.2) is 19.6 Å². The molecule has 0 spiro atoms. The zero-order valence-corrected chi connectivity index (χ0v) is 35.7. The van der Waals surface area contributed by atoms with Gasteiger partial charge in [-0.3, -0.25) is 9.59 Å². The number of aromatic nitrogens is 4. The molecule has 2 saturated heterocycles. The third-order valence-electron chi connectivity index (χ3n) is 13.5. The van der Waals surface area contributed by atoms with Gasteiger partial charge in [0.05, 0.1) is 48.4 Å². The third kappa shape index (κ3) is 7.07. The van der Waals surface area contributed by atoms with E-state index in [1.54, 1.807) is 0 Å². The van der Waals surface area contributed by atoms with Crippen molar-refractivity contribution in [1.29, 1.82) is 0 Å². The Morgan fingerprint density at radius 1 is 0.714 bits per heavy atom. The fraction of sp³-hybridized carbons (Fsp3) is 0.347. The quantitative estimate of drug-likeness (QED) is 0.112. The number of carbonyl (C=O) groups is 4. The number of amides is 4. The number of benzene rings is 5. The minimum Gasteiger partial charge on any atom is -0.453 e. The van der Waals surface area contributed by atoms with Crippen LogP contribution in [-0.4, -0.2) is 86.6 Å². The molecule has 4 amide bonds.